The Kier molecular flexibility index (Phi) is 1.59. The van der Waals surface area contributed by atoms with Crippen LogP contribution in [0.25, 0.3) is 0 Å². The normalized spacial score (nSPS) is 41.0. The molecule has 0 aromatic heterocycles. The smallest absolute Gasteiger partial charge is 0.133 e. The van der Waals surface area contributed by atoms with E-state index in [0.717, 1.165) is 6.42 Å². The highest BCUT2D eigenvalue weighted by Crippen LogP contribution is 2.40. The third-order valence-corrected chi connectivity index (χ3v) is 3.10. The number of ketones is 1. The number of rotatable bonds is 1. The fourth-order valence-corrected chi connectivity index (χ4v) is 2.40. The fourth-order valence-electron chi connectivity index (χ4n) is 2.40. The topological polar surface area (TPSA) is 17.1 Å². The number of hydrogen-bond acceptors (Lipinski definition) is 1. The highest BCUT2D eigenvalue weighted by atomic mass is 16.1. The molecule has 1 nitrogen and oxygen atoms in total. The molecule has 0 aliphatic heterocycles. The third-order valence-electron chi connectivity index (χ3n) is 3.10. The molecule has 0 saturated heterocycles. The molecule has 2 bridgehead atoms. The number of Topliss-reactive ketones (excluding diaryl/α,β-unsaturated/α-hetero) is 1. The number of carbonyl (C=O) groups excluding carboxylic acids is 1. The van der Waals surface area contributed by atoms with Crippen molar-refractivity contribution >= 4 is 5.78 Å². The highest BCUT2D eigenvalue weighted by Gasteiger charge is 2.33. The summed E-state index contributed by atoms with van der Waals surface area (Å²) in [6.45, 7) is 1.74. The second-order valence-corrected chi connectivity index (χ2v) is 3.84. The maximum atomic E-state index is 11.2. The van der Waals surface area contributed by atoms with Crippen molar-refractivity contribution in [2.45, 2.75) is 26.2 Å². The van der Waals surface area contributed by atoms with Gasteiger partial charge in [0, 0.05) is 5.92 Å². The molecule has 60 valence electrons. The van der Waals surface area contributed by atoms with Gasteiger partial charge in [0.05, 0.1) is 0 Å². The summed E-state index contributed by atoms with van der Waals surface area (Å²) in [6, 6.07) is 0. The molecule has 1 saturated carbocycles. The van der Waals surface area contributed by atoms with Gasteiger partial charge in [-0.3, -0.25) is 4.79 Å². The molecule has 0 N–H and O–H groups in total. The maximum absolute atomic E-state index is 11.2. The predicted molar refractivity (Wildman–Crippen MR) is 44.1 cm³/mol. The van der Waals surface area contributed by atoms with Gasteiger partial charge in [0.2, 0.25) is 0 Å². The molecule has 3 aliphatic rings. The van der Waals surface area contributed by atoms with E-state index in [0.29, 0.717) is 23.5 Å². The van der Waals surface area contributed by atoms with Crippen LogP contribution in [0.3, 0.4) is 0 Å². The van der Waals surface area contributed by atoms with Crippen LogP contribution in [0.15, 0.2) is 12.2 Å². The van der Waals surface area contributed by atoms with Crippen LogP contribution in [0, 0.1) is 17.8 Å². The summed E-state index contributed by atoms with van der Waals surface area (Å²) in [6.07, 6.45) is 8.23. The number of hydrogen-bond donors (Lipinski definition) is 0. The third kappa shape index (κ3) is 1.13. The van der Waals surface area contributed by atoms with Crippen LogP contribution in [0.1, 0.15) is 26.2 Å². The molecular formula is C10H14O. The molecule has 0 radical (unpaired) electrons. The average Bonchev–Trinajstić information content (AvgIpc) is 2.06. The minimum atomic E-state index is 0.360. The average molecular weight is 150 g/mol. The summed E-state index contributed by atoms with van der Waals surface area (Å²) in [4.78, 5) is 11.2. The van der Waals surface area contributed by atoms with Gasteiger partial charge < -0.3 is 0 Å². The van der Waals surface area contributed by atoms with Crippen molar-refractivity contribution in [3.63, 3.8) is 0 Å². The Morgan fingerprint density at radius 3 is 2.45 bits per heavy atom. The first kappa shape index (κ1) is 7.08. The Morgan fingerprint density at radius 1 is 1.36 bits per heavy atom. The maximum Gasteiger partial charge on any atom is 0.133 e. The Balaban J connectivity index is 2.17. The van der Waals surface area contributed by atoms with E-state index in [-0.39, 0.29) is 0 Å². The lowest BCUT2D eigenvalue weighted by atomic mass is 9.68. The van der Waals surface area contributed by atoms with Crippen LogP contribution in [0.4, 0.5) is 0 Å². The van der Waals surface area contributed by atoms with E-state index in [1.807, 2.05) is 0 Å². The molecule has 11 heavy (non-hydrogen) atoms. The Morgan fingerprint density at radius 2 is 2.18 bits per heavy atom. The van der Waals surface area contributed by atoms with Gasteiger partial charge in [-0.05, 0) is 38.0 Å². The Bertz CT molecular complexity index is 205. The van der Waals surface area contributed by atoms with Crippen molar-refractivity contribution in [2.75, 3.05) is 0 Å². The van der Waals surface area contributed by atoms with Crippen LogP contribution < -0.4 is 0 Å². The molecule has 0 spiro atoms. The first-order valence-corrected chi connectivity index (χ1v) is 4.46. The summed E-state index contributed by atoms with van der Waals surface area (Å²) >= 11 is 0. The molecular weight excluding hydrogens is 136 g/mol. The quantitative estimate of drug-likeness (QED) is 0.523. The molecule has 0 unspecified atom stereocenters. The number of fused-ring (bicyclic) bond motifs is 2. The predicted octanol–water partition coefficient (Wildman–Crippen LogP) is 2.18. The van der Waals surface area contributed by atoms with E-state index in [4.69, 9.17) is 0 Å². The van der Waals surface area contributed by atoms with Crippen molar-refractivity contribution in [3.05, 3.63) is 12.2 Å². The highest BCUT2D eigenvalue weighted by molar-refractivity contribution is 5.79. The van der Waals surface area contributed by atoms with Crippen molar-refractivity contribution in [2.24, 2.45) is 17.8 Å². The van der Waals surface area contributed by atoms with Gasteiger partial charge in [-0.2, -0.15) is 0 Å². The monoisotopic (exact) mass is 150 g/mol. The van der Waals surface area contributed by atoms with Crippen LogP contribution in [0.2, 0.25) is 0 Å². The van der Waals surface area contributed by atoms with Gasteiger partial charge in [-0.15, -0.1) is 0 Å². The van der Waals surface area contributed by atoms with Gasteiger partial charge >= 0.3 is 0 Å². The Hall–Kier alpha value is -0.590. The zero-order valence-electron chi connectivity index (χ0n) is 6.92. The minimum Gasteiger partial charge on any atom is -0.300 e. The summed E-state index contributed by atoms with van der Waals surface area (Å²) in [5.41, 5.74) is 0. The summed E-state index contributed by atoms with van der Waals surface area (Å²) in [5.74, 6) is 2.05. The SMILES string of the molecule is CC(=O)[C@@H]1C[C@H]2C=C[C@H]1CC2. The second-order valence-electron chi connectivity index (χ2n) is 3.84. The van der Waals surface area contributed by atoms with Crippen LogP contribution in [-0.2, 0) is 4.79 Å². The zero-order chi connectivity index (χ0) is 7.84. The summed E-state index contributed by atoms with van der Waals surface area (Å²) < 4.78 is 0. The van der Waals surface area contributed by atoms with Gasteiger partial charge in [-0.25, -0.2) is 0 Å². The first-order chi connectivity index (χ1) is 5.27. The van der Waals surface area contributed by atoms with Crippen molar-refractivity contribution in [1.82, 2.24) is 0 Å². The van der Waals surface area contributed by atoms with Gasteiger partial charge in [0.15, 0.2) is 0 Å². The lowest BCUT2D eigenvalue weighted by molar-refractivity contribution is -0.123. The zero-order valence-corrected chi connectivity index (χ0v) is 6.92. The van der Waals surface area contributed by atoms with Crippen molar-refractivity contribution in [1.29, 1.82) is 0 Å². The van der Waals surface area contributed by atoms with Crippen molar-refractivity contribution < 1.29 is 4.79 Å². The van der Waals surface area contributed by atoms with Crippen LogP contribution in [-0.4, -0.2) is 5.78 Å². The molecule has 0 aromatic rings. The largest absolute Gasteiger partial charge is 0.300 e. The van der Waals surface area contributed by atoms with Crippen LogP contribution >= 0.6 is 0 Å². The Labute approximate surface area is 67.5 Å². The molecule has 3 rings (SSSR count). The lowest BCUT2D eigenvalue weighted by Gasteiger charge is -2.36. The number of carbonyl (C=O) groups is 1. The molecule has 3 aliphatic carbocycles. The molecule has 1 fully saturated rings. The molecule has 0 aromatic carbocycles. The van der Waals surface area contributed by atoms with E-state index in [2.05, 4.69) is 12.2 Å². The van der Waals surface area contributed by atoms with Crippen LogP contribution in [0.5, 0.6) is 0 Å². The summed E-state index contributed by atoms with van der Waals surface area (Å²) in [7, 11) is 0. The van der Waals surface area contributed by atoms with Gasteiger partial charge in [0.25, 0.3) is 0 Å². The van der Waals surface area contributed by atoms with Gasteiger partial charge in [-0.1, -0.05) is 12.2 Å². The molecule has 1 heteroatoms. The van der Waals surface area contributed by atoms with E-state index in [1.54, 1.807) is 6.92 Å². The van der Waals surface area contributed by atoms with E-state index >= 15 is 0 Å². The van der Waals surface area contributed by atoms with Gasteiger partial charge in [0.1, 0.15) is 5.78 Å². The minimum absolute atomic E-state index is 0.360. The van der Waals surface area contributed by atoms with E-state index in [9.17, 15) is 4.79 Å². The standard InChI is InChI=1S/C10H14O/c1-7(11)10-6-8-2-4-9(10)5-3-8/h2,4,8-10H,3,5-6H2,1H3/t8-,9-,10-/m0/s1. The molecule has 0 amide bonds. The summed E-state index contributed by atoms with van der Waals surface area (Å²) in [5, 5.41) is 0. The van der Waals surface area contributed by atoms with E-state index < -0.39 is 0 Å². The lowest BCUT2D eigenvalue weighted by Crippen LogP contribution is -2.31. The second kappa shape index (κ2) is 2.47. The first-order valence-electron chi connectivity index (χ1n) is 4.46. The van der Waals surface area contributed by atoms with E-state index in [1.165, 1.54) is 12.8 Å². The fraction of sp³-hybridized carbons (Fsp3) is 0.700. The van der Waals surface area contributed by atoms with Crippen molar-refractivity contribution in [3.8, 4) is 0 Å². The molecule has 3 atom stereocenters. The number of allylic oxidation sites excluding steroid dienone is 2. The molecule has 0 heterocycles.